The largest absolute Gasteiger partial charge is 0.456 e. The molecule has 1 saturated heterocycles. The first-order valence-corrected chi connectivity index (χ1v) is 9.39. The number of carbonyl (C=O) groups is 2. The van der Waals surface area contributed by atoms with Gasteiger partial charge in [-0.15, -0.1) is 0 Å². The Kier molecular flexibility index (Phi) is 4.95. The molecule has 9 heteroatoms. The van der Waals surface area contributed by atoms with Crippen molar-refractivity contribution in [3.63, 3.8) is 0 Å². The molecule has 28 heavy (non-hydrogen) atoms. The second-order valence-corrected chi connectivity index (χ2v) is 7.13. The van der Waals surface area contributed by atoms with Crippen LogP contribution in [-0.4, -0.2) is 57.3 Å². The van der Waals surface area contributed by atoms with E-state index >= 15 is 0 Å². The van der Waals surface area contributed by atoms with E-state index in [1.54, 1.807) is 41.1 Å². The zero-order valence-corrected chi connectivity index (χ0v) is 16.1. The number of hydrogen-bond acceptors (Lipinski definition) is 4. The molecule has 3 aromatic rings. The standard InChI is InChI=1S/C19H20ClN5O3/c1-13-2-4-16(28-13)18(26)23-6-8-24(9-7-23)19(27)21-10-15-12-25-11-14(20)3-5-17(25)22-15/h2-5,11-12H,6-10H2,1H3,(H,21,27). The van der Waals surface area contributed by atoms with E-state index in [2.05, 4.69) is 10.3 Å². The molecule has 0 atom stereocenters. The molecule has 8 nitrogen and oxygen atoms in total. The molecule has 0 aliphatic carbocycles. The van der Waals surface area contributed by atoms with Gasteiger partial charge in [0.05, 0.1) is 17.3 Å². The SMILES string of the molecule is Cc1ccc(C(=O)N2CCN(C(=O)NCc3cn4cc(Cl)ccc4n3)CC2)o1. The maximum atomic E-state index is 12.4. The molecule has 4 heterocycles. The highest BCUT2D eigenvalue weighted by Crippen LogP contribution is 2.13. The van der Waals surface area contributed by atoms with Gasteiger partial charge >= 0.3 is 6.03 Å². The fourth-order valence-corrected chi connectivity index (χ4v) is 3.37. The highest BCUT2D eigenvalue weighted by molar-refractivity contribution is 6.30. The van der Waals surface area contributed by atoms with Crippen LogP contribution in [-0.2, 0) is 6.54 Å². The van der Waals surface area contributed by atoms with Crippen molar-refractivity contribution in [2.24, 2.45) is 0 Å². The van der Waals surface area contributed by atoms with E-state index < -0.39 is 0 Å². The molecule has 0 radical (unpaired) electrons. The number of aromatic nitrogens is 2. The number of nitrogens with one attached hydrogen (secondary N) is 1. The average Bonchev–Trinajstić information content (AvgIpc) is 3.31. The van der Waals surface area contributed by atoms with Gasteiger partial charge in [0.2, 0.25) is 0 Å². The smallest absolute Gasteiger partial charge is 0.317 e. The van der Waals surface area contributed by atoms with Gasteiger partial charge in [-0.2, -0.15) is 0 Å². The maximum absolute atomic E-state index is 12.4. The minimum atomic E-state index is -0.170. The average molecular weight is 402 g/mol. The summed E-state index contributed by atoms with van der Waals surface area (Å²) in [4.78, 5) is 32.7. The Morgan fingerprint density at radius 1 is 1.11 bits per heavy atom. The van der Waals surface area contributed by atoms with Gasteiger partial charge in [0.15, 0.2) is 5.76 Å². The molecule has 0 aromatic carbocycles. The Balaban J connectivity index is 1.29. The van der Waals surface area contributed by atoms with Crippen molar-refractivity contribution in [1.29, 1.82) is 0 Å². The summed E-state index contributed by atoms with van der Waals surface area (Å²) in [5.41, 5.74) is 1.52. The van der Waals surface area contributed by atoms with E-state index in [0.29, 0.717) is 49.3 Å². The monoisotopic (exact) mass is 401 g/mol. The first-order chi connectivity index (χ1) is 13.5. The Morgan fingerprint density at radius 2 is 1.86 bits per heavy atom. The van der Waals surface area contributed by atoms with Gasteiger partial charge in [0.1, 0.15) is 11.4 Å². The summed E-state index contributed by atoms with van der Waals surface area (Å²) in [7, 11) is 0. The summed E-state index contributed by atoms with van der Waals surface area (Å²) in [5, 5.41) is 3.50. The fraction of sp³-hybridized carbons (Fsp3) is 0.316. The molecule has 1 aliphatic heterocycles. The number of urea groups is 1. The van der Waals surface area contributed by atoms with Crippen molar-refractivity contribution in [2.45, 2.75) is 13.5 Å². The highest BCUT2D eigenvalue weighted by Gasteiger charge is 2.26. The van der Waals surface area contributed by atoms with Gasteiger partial charge in [-0.05, 0) is 31.2 Å². The Bertz CT molecular complexity index is 1020. The van der Waals surface area contributed by atoms with E-state index in [1.165, 1.54) is 0 Å². The van der Waals surface area contributed by atoms with Crippen molar-refractivity contribution in [3.05, 3.63) is 58.9 Å². The van der Waals surface area contributed by atoms with Crippen LogP contribution in [0.4, 0.5) is 4.79 Å². The fourth-order valence-electron chi connectivity index (χ4n) is 3.20. The lowest BCUT2D eigenvalue weighted by molar-refractivity contribution is 0.0632. The third-order valence-corrected chi connectivity index (χ3v) is 4.91. The van der Waals surface area contributed by atoms with Crippen LogP contribution in [0.2, 0.25) is 5.02 Å². The number of amides is 3. The molecule has 1 aliphatic rings. The number of carbonyl (C=O) groups excluding carboxylic acids is 2. The van der Waals surface area contributed by atoms with E-state index in [-0.39, 0.29) is 11.9 Å². The second-order valence-electron chi connectivity index (χ2n) is 6.69. The van der Waals surface area contributed by atoms with Crippen LogP contribution >= 0.6 is 11.6 Å². The Labute approximate surface area is 166 Å². The molecule has 0 unspecified atom stereocenters. The number of piperazine rings is 1. The van der Waals surface area contributed by atoms with Gasteiger partial charge in [0.25, 0.3) is 5.91 Å². The molecular weight excluding hydrogens is 382 g/mol. The van der Waals surface area contributed by atoms with Crippen molar-refractivity contribution in [3.8, 4) is 0 Å². The van der Waals surface area contributed by atoms with Gasteiger partial charge in [-0.1, -0.05) is 11.6 Å². The number of fused-ring (bicyclic) bond motifs is 1. The summed E-state index contributed by atoms with van der Waals surface area (Å²) in [6.45, 7) is 4.01. The summed E-state index contributed by atoms with van der Waals surface area (Å²) >= 11 is 5.97. The number of nitrogens with zero attached hydrogens (tertiary/aromatic N) is 4. The molecule has 3 aromatic heterocycles. The van der Waals surface area contributed by atoms with E-state index in [0.717, 1.165) is 11.3 Å². The lowest BCUT2D eigenvalue weighted by Gasteiger charge is -2.34. The predicted molar refractivity (Wildman–Crippen MR) is 103 cm³/mol. The minimum Gasteiger partial charge on any atom is -0.456 e. The van der Waals surface area contributed by atoms with Crippen LogP contribution in [0.3, 0.4) is 0 Å². The quantitative estimate of drug-likeness (QED) is 0.731. The van der Waals surface area contributed by atoms with Crippen LogP contribution in [0.15, 0.2) is 41.1 Å². The first-order valence-electron chi connectivity index (χ1n) is 9.01. The van der Waals surface area contributed by atoms with Gasteiger partial charge < -0.3 is 23.9 Å². The lowest BCUT2D eigenvalue weighted by atomic mass is 10.3. The van der Waals surface area contributed by atoms with Crippen molar-refractivity contribution >= 4 is 29.2 Å². The first kappa shape index (κ1) is 18.4. The van der Waals surface area contributed by atoms with Crippen molar-refractivity contribution in [1.82, 2.24) is 24.5 Å². The number of pyridine rings is 1. The number of imidazole rings is 1. The van der Waals surface area contributed by atoms with Crippen LogP contribution in [0.5, 0.6) is 0 Å². The number of furan rings is 1. The zero-order chi connectivity index (χ0) is 19.7. The Morgan fingerprint density at radius 3 is 2.57 bits per heavy atom. The molecule has 1 N–H and O–H groups in total. The zero-order valence-electron chi connectivity index (χ0n) is 15.4. The number of rotatable bonds is 3. The van der Waals surface area contributed by atoms with Gasteiger partial charge in [0, 0.05) is 38.6 Å². The maximum Gasteiger partial charge on any atom is 0.317 e. The number of aryl methyl sites for hydroxylation is 1. The summed E-state index contributed by atoms with van der Waals surface area (Å²) in [6.07, 6.45) is 3.61. The van der Waals surface area contributed by atoms with Crippen LogP contribution in [0, 0.1) is 6.92 Å². The third kappa shape index (κ3) is 3.82. The van der Waals surface area contributed by atoms with E-state index in [4.69, 9.17) is 16.0 Å². The molecule has 0 bridgehead atoms. The molecule has 1 fully saturated rings. The predicted octanol–water partition coefficient (Wildman–Crippen LogP) is 2.56. The second kappa shape index (κ2) is 7.55. The molecular formula is C19H20ClN5O3. The number of halogens is 1. The van der Waals surface area contributed by atoms with E-state index in [9.17, 15) is 9.59 Å². The highest BCUT2D eigenvalue weighted by atomic mass is 35.5. The normalized spacial score (nSPS) is 14.5. The van der Waals surface area contributed by atoms with Gasteiger partial charge in [-0.3, -0.25) is 4.79 Å². The molecule has 146 valence electrons. The van der Waals surface area contributed by atoms with Crippen molar-refractivity contribution in [2.75, 3.05) is 26.2 Å². The van der Waals surface area contributed by atoms with Gasteiger partial charge in [-0.25, -0.2) is 9.78 Å². The molecule has 4 rings (SSSR count). The van der Waals surface area contributed by atoms with E-state index in [1.807, 2.05) is 16.7 Å². The van der Waals surface area contributed by atoms with Crippen LogP contribution in [0.25, 0.3) is 5.65 Å². The topological polar surface area (TPSA) is 83.1 Å². The van der Waals surface area contributed by atoms with Crippen molar-refractivity contribution < 1.29 is 14.0 Å². The van der Waals surface area contributed by atoms with Crippen LogP contribution < -0.4 is 5.32 Å². The van der Waals surface area contributed by atoms with Crippen LogP contribution in [0.1, 0.15) is 22.0 Å². The lowest BCUT2D eigenvalue weighted by Crippen LogP contribution is -2.53. The molecule has 0 saturated carbocycles. The Hall–Kier alpha value is -3.00. The summed E-state index contributed by atoms with van der Waals surface area (Å²) in [5.74, 6) is 0.898. The third-order valence-electron chi connectivity index (χ3n) is 4.69. The summed E-state index contributed by atoms with van der Waals surface area (Å²) in [6, 6.07) is 6.88. The summed E-state index contributed by atoms with van der Waals surface area (Å²) < 4.78 is 7.22. The minimum absolute atomic E-state index is 0.142. The number of hydrogen-bond donors (Lipinski definition) is 1. The molecule has 0 spiro atoms. The molecule has 3 amide bonds.